The molecule has 0 saturated carbocycles. The molecule has 3 saturated heterocycles. The van der Waals surface area contributed by atoms with Crippen molar-refractivity contribution in [2.24, 2.45) is 4.99 Å². The molecule has 4 aliphatic heterocycles. The summed E-state index contributed by atoms with van der Waals surface area (Å²) >= 11 is 0. The van der Waals surface area contributed by atoms with Crippen molar-refractivity contribution in [1.82, 2.24) is 9.47 Å². The Labute approximate surface area is 189 Å². The van der Waals surface area contributed by atoms with Crippen LogP contribution in [0.4, 0.5) is 5.69 Å². The number of anilines is 1. The summed E-state index contributed by atoms with van der Waals surface area (Å²) in [7, 11) is 0. The van der Waals surface area contributed by atoms with Gasteiger partial charge in [0.25, 0.3) is 0 Å². The van der Waals surface area contributed by atoms with Gasteiger partial charge in [-0.15, -0.1) is 0 Å². The molecule has 1 N–H and O–H groups in total. The van der Waals surface area contributed by atoms with Crippen molar-refractivity contribution in [2.45, 2.75) is 44.2 Å². The first kappa shape index (κ1) is 20.5. The summed E-state index contributed by atoms with van der Waals surface area (Å²) in [6, 6.07) is 7.56. The Hall–Kier alpha value is -2.09. The highest BCUT2D eigenvalue weighted by atomic mass is 16.5. The highest BCUT2D eigenvalue weighted by molar-refractivity contribution is 6.14. The largest absolute Gasteiger partial charge is 0.494 e. The molecule has 32 heavy (non-hydrogen) atoms. The zero-order chi connectivity index (χ0) is 21.5. The van der Waals surface area contributed by atoms with Crippen molar-refractivity contribution in [3.8, 4) is 5.88 Å². The molecule has 3 fully saturated rings. The van der Waals surface area contributed by atoms with Crippen LogP contribution in [0.3, 0.4) is 0 Å². The van der Waals surface area contributed by atoms with E-state index in [0.717, 1.165) is 101 Å². The van der Waals surface area contributed by atoms with E-state index in [9.17, 15) is 5.11 Å². The highest BCUT2D eigenvalue weighted by Crippen LogP contribution is 2.40. The van der Waals surface area contributed by atoms with E-state index < -0.39 is 0 Å². The van der Waals surface area contributed by atoms with Crippen LogP contribution >= 0.6 is 0 Å². The van der Waals surface area contributed by atoms with E-state index in [-0.39, 0.29) is 6.04 Å². The first-order chi connectivity index (χ1) is 15.8. The number of hydrogen-bond donors (Lipinski definition) is 1. The van der Waals surface area contributed by atoms with E-state index in [1.54, 1.807) is 0 Å². The minimum atomic E-state index is 0.271. The van der Waals surface area contributed by atoms with Gasteiger partial charge in [0.1, 0.15) is 0 Å². The minimum Gasteiger partial charge on any atom is -0.494 e. The molecule has 1 aromatic carbocycles. The molecule has 1 aromatic heterocycles. The highest BCUT2D eigenvalue weighted by Gasteiger charge is 2.30. The number of rotatable bonds is 4. The van der Waals surface area contributed by atoms with Gasteiger partial charge in [0, 0.05) is 68.6 Å². The Morgan fingerprint density at radius 3 is 2.50 bits per heavy atom. The number of ether oxygens (including phenoxy) is 2. The average molecular weight is 439 g/mol. The van der Waals surface area contributed by atoms with Crippen LogP contribution in [0.1, 0.15) is 43.7 Å². The first-order valence-electron chi connectivity index (χ1n) is 12.3. The maximum atomic E-state index is 11.6. The summed E-state index contributed by atoms with van der Waals surface area (Å²) in [4.78, 5) is 9.98. The molecule has 4 aliphatic rings. The SMILES string of the molecule is Oc1c(C2=NCCN(C3COC3)CC2)c2cc(N3CCCC3)ccc2n1C1CCOCC1. The maximum absolute atomic E-state index is 11.6. The zero-order valence-electron chi connectivity index (χ0n) is 18.8. The van der Waals surface area contributed by atoms with Gasteiger partial charge in [0.05, 0.1) is 36.9 Å². The lowest BCUT2D eigenvalue weighted by Gasteiger charge is -2.36. The Morgan fingerprint density at radius 1 is 0.938 bits per heavy atom. The molecule has 0 bridgehead atoms. The second-order valence-electron chi connectivity index (χ2n) is 9.61. The molecule has 0 atom stereocenters. The van der Waals surface area contributed by atoms with E-state index in [4.69, 9.17) is 14.5 Å². The second kappa shape index (κ2) is 8.69. The Bertz CT molecular complexity index is 1000. The fourth-order valence-electron chi connectivity index (χ4n) is 5.82. The number of benzene rings is 1. The van der Waals surface area contributed by atoms with Crippen LogP contribution in [0.25, 0.3) is 10.9 Å². The minimum absolute atomic E-state index is 0.271. The normalized spacial score (nSPS) is 24.0. The third kappa shape index (κ3) is 3.60. The van der Waals surface area contributed by atoms with Crippen molar-refractivity contribution < 1.29 is 14.6 Å². The fraction of sp³-hybridized carbons (Fsp3) is 0.640. The van der Waals surface area contributed by atoms with Crippen molar-refractivity contribution in [3.63, 3.8) is 0 Å². The van der Waals surface area contributed by atoms with Crippen LogP contribution in [0.5, 0.6) is 5.88 Å². The van der Waals surface area contributed by atoms with Crippen molar-refractivity contribution >= 4 is 22.3 Å². The van der Waals surface area contributed by atoms with Gasteiger partial charge in [-0.25, -0.2) is 0 Å². The molecule has 0 spiro atoms. The van der Waals surface area contributed by atoms with Crippen molar-refractivity contribution in [2.75, 3.05) is 64.1 Å². The smallest absolute Gasteiger partial charge is 0.201 e. The van der Waals surface area contributed by atoms with Crippen molar-refractivity contribution in [3.05, 3.63) is 23.8 Å². The predicted octanol–water partition coefficient (Wildman–Crippen LogP) is 3.19. The molecular formula is C25H34N4O3. The summed E-state index contributed by atoms with van der Waals surface area (Å²) in [5.41, 5.74) is 4.41. The molecule has 0 unspecified atom stereocenters. The lowest BCUT2D eigenvalue weighted by Crippen LogP contribution is -2.49. The molecule has 172 valence electrons. The van der Waals surface area contributed by atoms with Gasteiger partial charge in [-0.2, -0.15) is 0 Å². The van der Waals surface area contributed by atoms with Gasteiger partial charge < -0.3 is 24.0 Å². The molecule has 0 amide bonds. The van der Waals surface area contributed by atoms with Gasteiger partial charge in [-0.05, 0) is 43.9 Å². The summed E-state index contributed by atoms with van der Waals surface area (Å²) in [6.07, 6.45) is 5.25. The summed E-state index contributed by atoms with van der Waals surface area (Å²) in [6.45, 7) is 8.14. The second-order valence-corrected chi connectivity index (χ2v) is 9.61. The fourth-order valence-corrected chi connectivity index (χ4v) is 5.82. The lowest BCUT2D eigenvalue weighted by molar-refractivity contribution is -0.0624. The topological polar surface area (TPSA) is 62.5 Å². The Kier molecular flexibility index (Phi) is 5.57. The molecule has 7 nitrogen and oxygen atoms in total. The number of fused-ring (bicyclic) bond motifs is 1. The number of nitrogens with zero attached hydrogens (tertiary/aromatic N) is 4. The number of hydrogen-bond acceptors (Lipinski definition) is 6. The van der Waals surface area contributed by atoms with Gasteiger partial charge in [-0.3, -0.25) is 9.89 Å². The molecule has 7 heteroatoms. The molecular weight excluding hydrogens is 404 g/mol. The zero-order valence-corrected chi connectivity index (χ0v) is 18.8. The van der Waals surface area contributed by atoms with E-state index in [1.165, 1.54) is 18.5 Å². The third-order valence-corrected chi connectivity index (χ3v) is 7.74. The van der Waals surface area contributed by atoms with Crippen LogP contribution in [0, 0.1) is 0 Å². The van der Waals surface area contributed by atoms with Gasteiger partial charge >= 0.3 is 0 Å². The monoisotopic (exact) mass is 438 g/mol. The van der Waals surface area contributed by atoms with Crippen LogP contribution in [0.2, 0.25) is 0 Å². The Morgan fingerprint density at radius 2 is 1.75 bits per heavy atom. The summed E-state index contributed by atoms with van der Waals surface area (Å²) in [5.74, 6) is 0.393. The van der Waals surface area contributed by atoms with Crippen LogP contribution < -0.4 is 4.90 Å². The quantitative estimate of drug-likeness (QED) is 0.794. The van der Waals surface area contributed by atoms with Crippen molar-refractivity contribution in [1.29, 1.82) is 0 Å². The summed E-state index contributed by atoms with van der Waals surface area (Å²) < 4.78 is 13.2. The van der Waals surface area contributed by atoms with Gasteiger partial charge in [0.2, 0.25) is 5.88 Å². The average Bonchev–Trinajstić information content (AvgIpc) is 3.34. The van der Waals surface area contributed by atoms with Gasteiger partial charge in [-0.1, -0.05) is 0 Å². The number of aromatic nitrogens is 1. The first-order valence-corrected chi connectivity index (χ1v) is 12.3. The molecule has 5 heterocycles. The van der Waals surface area contributed by atoms with E-state index in [2.05, 4.69) is 32.6 Å². The van der Waals surface area contributed by atoms with Crippen LogP contribution in [-0.2, 0) is 9.47 Å². The van der Waals surface area contributed by atoms with Crippen LogP contribution in [0.15, 0.2) is 23.2 Å². The molecule has 2 aromatic rings. The Balaban J connectivity index is 1.41. The van der Waals surface area contributed by atoms with Crippen LogP contribution in [-0.4, -0.2) is 85.5 Å². The molecule has 0 radical (unpaired) electrons. The number of aromatic hydroxyl groups is 1. The van der Waals surface area contributed by atoms with Gasteiger partial charge in [0.15, 0.2) is 0 Å². The molecule has 6 rings (SSSR count). The van der Waals surface area contributed by atoms with E-state index in [1.807, 2.05) is 0 Å². The molecule has 0 aliphatic carbocycles. The number of aliphatic imine (C=N–C) groups is 1. The third-order valence-electron chi connectivity index (χ3n) is 7.74. The van der Waals surface area contributed by atoms with E-state index in [0.29, 0.717) is 11.9 Å². The standard InChI is InChI=1S/C25H34N4O3/c30-25-24(22-5-11-28(12-8-26-22)20-16-32-17-20)21-15-19(27-9-1-2-10-27)3-4-23(21)29(25)18-6-13-31-14-7-18/h3-4,15,18,20,30H,1-2,5-14,16-17H2. The summed E-state index contributed by atoms with van der Waals surface area (Å²) in [5, 5.41) is 12.7. The lowest BCUT2D eigenvalue weighted by atomic mass is 10.0. The maximum Gasteiger partial charge on any atom is 0.201 e. The van der Waals surface area contributed by atoms with E-state index >= 15 is 0 Å². The predicted molar refractivity (Wildman–Crippen MR) is 126 cm³/mol.